The molecule has 0 aliphatic heterocycles. The van der Waals surface area contributed by atoms with Gasteiger partial charge in [0.05, 0.1) is 0 Å². The van der Waals surface area contributed by atoms with E-state index < -0.39 is 0 Å². The summed E-state index contributed by atoms with van der Waals surface area (Å²) in [7, 11) is 0. The molecule has 19 heavy (non-hydrogen) atoms. The van der Waals surface area contributed by atoms with E-state index in [1.807, 2.05) is 31.2 Å². The van der Waals surface area contributed by atoms with Crippen LogP contribution in [0.2, 0.25) is 0 Å². The molecule has 0 fully saturated rings. The van der Waals surface area contributed by atoms with Crippen LogP contribution in [0.25, 0.3) is 0 Å². The number of amides is 2. The second-order valence-corrected chi connectivity index (χ2v) is 5.15. The topological polar surface area (TPSA) is 67.2 Å². The Hall–Kier alpha value is -1.55. The molecule has 1 aromatic carbocycles. The smallest absolute Gasteiger partial charge is 0.319 e. The molecule has 0 aliphatic rings. The summed E-state index contributed by atoms with van der Waals surface area (Å²) < 4.78 is 0. The standard InChI is InChI=1S/C15H25N3O/c1-4-11(2)8-12(3)17-15(19)18-14-7-5-6-13(9-14)10-16/h5-7,9,11-12H,4,8,10,16H2,1-3H3,(H2,17,18,19). The molecule has 0 spiro atoms. The lowest BCUT2D eigenvalue weighted by molar-refractivity contribution is 0.247. The molecule has 2 unspecified atom stereocenters. The Balaban J connectivity index is 2.46. The minimum Gasteiger partial charge on any atom is -0.335 e. The highest BCUT2D eigenvalue weighted by Crippen LogP contribution is 2.11. The van der Waals surface area contributed by atoms with E-state index in [-0.39, 0.29) is 12.1 Å². The number of hydrogen-bond donors (Lipinski definition) is 3. The average molecular weight is 263 g/mol. The van der Waals surface area contributed by atoms with Crippen molar-refractivity contribution in [2.24, 2.45) is 11.7 Å². The third kappa shape index (κ3) is 5.75. The van der Waals surface area contributed by atoms with Crippen molar-refractivity contribution >= 4 is 11.7 Å². The molecular weight excluding hydrogens is 238 g/mol. The SMILES string of the molecule is CCC(C)CC(C)NC(=O)Nc1cccc(CN)c1. The molecule has 1 rings (SSSR count). The summed E-state index contributed by atoms with van der Waals surface area (Å²) in [5.74, 6) is 0.621. The number of nitrogens with one attached hydrogen (secondary N) is 2. The van der Waals surface area contributed by atoms with E-state index in [2.05, 4.69) is 24.5 Å². The van der Waals surface area contributed by atoms with Gasteiger partial charge in [0.25, 0.3) is 0 Å². The summed E-state index contributed by atoms with van der Waals surface area (Å²) in [6.07, 6.45) is 2.12. The van der Waals surface area contributed by atoms with E-state index >= 15 is 0 Å². The molecule has 4 heteroatoms. The Labute approximate surface area is 115 Å². The highest BCUT2D eigenvalue weighted by molar-refractivity contribution is 5.89. The number of nitrogens with two attached hydrogens (primary N) is 1. The van der Waals surface area contributed by atoms with Crippen LogP contribution in [-0.2, 0) is 6.54 Å². The zero-order chi connectivity index (χ0) is 14.3. The zero-order valence-corrected chi connectivity index (χ0v) is 12.1. The first-order chi connectivity index (χ1) is 9.05. The Bertz CT molecular complexity index is 406. The molecule has 0 aromatic heterocycles. The summed E-state index contributed by atoms with van der Waals surface area (Å²) in [6, 6.07) is 7.59. The van der Waals surface area contributed by atoms with Crippen molar-refractivity contribution in [3.05, 3.63) is 29.8 Å². The van der Waals surface area contributed by atoms with Crippen LogP contribution in [0.3, 0.4) is 0 Å². The fourth-order valence-corrected chi connectivity index (χ4v) is 2.00. The number of rotatable bonds is 6. The van der Waals surface area contributed by atoms with Crippen LogP contribution >= 0.6 is 0 Å². The maximum atomic E-state index is 11.8. The summed E-state index contributed by atoms with van der Waals surface area (Å²) in [6.45, 7) is 6.86. The van der Waals surface area contributed by atoms with Crippen LogP contribution in [0, 0.1) is 5.92 Å². The first-order valence-electron chi connectivity index (χ1n) is 6.91. The normalized spacial score (nSPS) is 13.7. The number of carbonyl (C=O) groups excluding carboxylic acids is 1. The van der Waals surface area contributed by atoms with Crippen LogP contribution in [0.1, 0.15) is 39.2 Å². The van der Waals surface area contributed by atoms with Crippen LogP contribution in [0.5, 0.6) is 0 Å². The molecule has 2 atom stereocenters. The lowest BCUT2D eigenvalue weighted by atomic mass is 10.0. The highest BCUT2D eigenvalue weighted by Gasteiger charge is 2.10. The van der Waals surface area contributed by atoms with Crippen LogP contribution in [0.15, 0.2) is 24.3 Å². The highest BCUT2D eigenvalue weighted by atomic mass is 16.2. The molecule has 0 aliphatic carbocycles. The van der Waals surface area contributed by atoms with Gasteiger partial charge in [0, 0.05) is 18.3 Å². The molecule has 0 saturated heterocycles. The molecule has 1 aromatic rings. The quantitative estimate of drug-likeness (QED) is 0.738. The monoisotopic (exact) mass is 263 g/mol. The molecule has 4 N–H and O–H groups in total. The van der Waals surface area contributed by atoms with Gasteiger partial charge in [-0.2, -0.15) is 0 Å². The summed E-state index contributed by atoms with van der Waals surface area (Å²) in [4.78, 5) is 11.8. The van der Waals surface area contributed by atoms with Gasteiger partial charge in [-0.3, -0.25) is 0 Å². The molecule has 0 bridgehead atoms. The van der Waals surface area contributed by atoms with Gasteiger partial charge < -0.3 is 16.4 Å². The summed E-state index contributed by atoms with van der Waals surface area (Å²) >= 11 is 0. The minimum atomic E-state index is -0.162. The third-order valence-electron chi connectivity index (χ3n) is 3.25. The van der Waals surface area contributed by atoms with Gasteiger partial charge in [-0.1, -0.05) is 32.4 Å². The molecular formula is C15H25N3O. The zero-order valence-electron chi connectivity index (χ0n) is 12.1. The first kappa shape index (κ1) is 15.5. The maximum Gasteiger partial charge on any atom is 0.319 e. The van der Waals surface area contributed by atoms with Gasteiger partial charge in [-0.25, -0.2) is 4.79 Å². The molecule has 0 saturated carbocycles. The number of hydrogen-bond acceptors (Lipinski definition) is 2. The number of carbonyl (C=O) groups is 1. The van der Waals surface area contributed by atoms with Crippen LogP contribution in [0.4, 0.5) is 10.5 Å². The van der Waals surface area contributed by atoms with Crippen molar-refractivity contribution < 1.29 is 4.79 Å². The van der Waals surface area contributed by atoms with Gasteiger partial charge in [0.1, 0.15) is 0 Å². The van der Waals surface area contributed by atoms with Gasteiger partial charge in [0.2, 0.25) is 0 Å². The van der Waals surface area contributed by atoms with E-state index in [9.17, 15) is 4.79 Å². The van der Waals surface area contributed by atoms with E-state index in [1.54, 1.807) is 0 Å². The summed E-state index contributed by atoms with van der Waals surface area (Å²) in [5.41, 5.74) is 7.35. The van der Waals surface area contributed by atoms with Gasteiger partial charge >= 0.3 is 6.03 Å². The summed E-state index contributed by atoms with van der Waals surface area (Å²) in [5, 5.41) is 5.78. The van der Waals surface area contributed by atoms with Crippen molar-refractivity contribution in [3.63, 3.8) is 0 Å². The van der Waals surface area contributed by atoms with Crippen LogP contribution < -0.4 is 16.4 Å². The van der Waals surface area contributed by atoms with Crippen molar-refractivity contribution in [3.8, 4) is 0 Å². The number of urea groups is 1. The lowest BCUT2D eigenvalue weighted by Gasteiger charge is -2.18. The van der Waals surface area contributed by atoms with E-state index in [1.165, 1.54) is 0 Å². The second-order valence-electron chi connectivity index (χ2n) is 5.15. The Morgan fingerprint density at radius 1 is 1.37 bits per heavy atom. The number of anilines is 1. The van der Waals surface area contributed by atoms with Crippen molar-refractivity contribution in [2.75, 3.05) is 5.32 Å². The molecule has 4 nitrogen and oxygen atoms in total. The Morgan fingerprint density at radius 2 is 2.11 bits per heavy atom. The van der Waals surface area contributed by atoms with E-state index in [0.717, 1.165) is 24.1 Å². The van der Waals surface area contributed by atoms with Gasteiger partial charge in [-0.05, 0) is 37.0 Å². The van der Waals surface area contributed by atoms with Crippen LogP contribution in [-0.4, -0.2) is 12.1 Å². The predicted molar refractivity (Wildman–Crippen MR) is 80.0 cm³/mol. The lowest BCUT2D eigenvalue weighted by Crippen LogP contribution is -2.37. The third-order valence-corrected chi connectivity index (χ3v) is 3.25. The second kappa shape index (κ2) is 7.79. The minimum absolute atomic E-state index is 0.162. The van der Waals surface area contributed by atoms with Gasteiger partial charge in [0.15, 0.2) is 0 Å². The Morgan fingerprint density at radius 3 is 2.74 bits per heavy atom. The molecule has 0 heterocycles. The van der Waals surface area contributed by atoms with Crippen molar-refractivity contribution in [2.45, 2.75) is 46.2 Å². The van der Waals surface area contributed by atoms with E-state index in [0.29, 0.717) is 12.5 Å². The Kier molecular flexibility index (Phi) is 6.36. The maximum absolute atomic E-state index is 11.8. The molecule has 2 amide bonds. The molecule has 106 valence electrons. The average Bonchev–Trinajstić information content (AvgIpc) is 2.38. The first-order valence-corrected chi connectivity index (χ1v) is 6.91. The predicted octanol–water partition coefficient (Wildman–Crippen LogP) is 3.09. The number of benzene rings is 1. The fraction of sp³-hybridized carbons (Fsp3) is 0.533. The molecule has 0 radical (unpaired) electrons. The van der Waals surface area contributed by atoms with Gasteiger partial charge in [-0.15, -0.1) is 0 Å². The largest absolute Gasteiger partial charge is 0.335 e. The van der Waals surface area contributed by atoms with Crippen molar-refractivity contribution in [1.82, 2.24) is 5.32 Å². The fourth-order valence-electron chi connectivity index (χ4n) is 2.00. The van der Waals surface area contributed by atoms with Crippen molar-refractivity contribution in [1.29, 1.82) is 0 Å². The van der Waals surface area contributed by atoms with E-state index in [4.69, 9.17) is 5.73 Å².